The Bertz CT molecular complexity index is 419. The van der Waals surface area contributed by atoms with Crippen LogP contribution in [0.5, 0.6) is 0 Å². The van der Waals surface area contributed by atoms with E-state index >= 15 is 0 Å². The molecule has 0 aliphatic heterocycles. The van der Waals surface area contributed by atoms with E-state index in [1.807, 2.05) is 0 Å². The lowest BCUT2D eigenvalue weighted by molar-refractivity contribution is -0.120. The molecule has 84 valence electrons. The molecule has 3 rings (SSSR count). The van der Waals surface area contributed by atoms with Crippen LogP contribution in [0.3, 0.4) is 0 Å². The fourth-order valence-electron chi connectivity index (χ4n) is 3.14. The predicted molar refractivity (Wildman–Crippen MR) is 64.5 cm³/mol. The van der Waals surface area contributed by atoms with E-state index in [4.69, 9.17) is 0 Å². The smallest absolute Gasteiger partial charge is 0.136 e. The lowest BCUT2D eigenvalue weighted by Crippen LogP contribution is -2.09. The number of benzene rings is 1. The summed E-state index contributed by atoms with van der Waals surface area (Å²) in [7, 11) is 0. The molecule has 2 aliphatic carbocycles. The van der Waals surface area contributed by atoms with Crippen molar-refractivity contribution >= 4 is 5.78 Å². The maximum absolute atomic E-state index is 11.6. The standard InChI is InChI=1S/C15H18O/c16-15-6-2-5-14(15)10-11-7-8-12-3-1-4-13(12)9-11/h7-9,14H,1-6,10H2. The van der Waals surface area contributed by atoms with E-state index in [1.165, 1.54) is 36.0 Å². The molecule has 1 nitrogen and oxygen atoms in total. The molecule has 1 aromatic carbocycles. The molecule has 1 fully saturated rings. The summed E-state index contributed by atoms with van der Waals surface area (Å²) < 4.78 is 0. The maximum Gasteiger partial charge on any atom is 0.136 e. The number of carbonyl (C=O) groups excluding carboxylic acids is 1. The van der Waals surface area contributed by atoms with Crippen molar-refractivity contribution in [1.29, 1.82) is 0 Å². The average molecular weight is 214 g/mol. The fraction of sp³-hybridized carbons (Fsp3) is 0.533. The van der Waals surface area contributed by atoms with Crippen molar-refractivity contribution in [3.8, 4) is 0 Å². The van der Waals surface area contributed by atoms with Crippen molar-refractivity contribution in [3.05, 3.63) is 34.9 Å². The maximum atomic E-state index is 11.6. The van der Waals surface area contributed by atoms with Gasteiger partial charge in [0.1, 0.15) is 5.78 Å². The highest BCUT2D eigenvalue weighted by molar-refractivity contribution is 5.83. The molecule has 0 radical (unpaired) electrons. The summed E-state index contributed by atoms with van der Waals surface area (Å²) >= 11 is 0. The van der Waals surface area contributed by atoms with Crippen LogP contribution >= 0.6 is 0 Å². The van der Waals surface area contributed by atoms with Crippen molar-refractivity contribution < 1.29 is 4.79 Å². The van der Waals surface area contributed by atoms with Crippen LogP contribution in [0.25, 0.3) is 0 Å². The van der Waals surface area contributed by atoms with E-state index in [1.54, 1.807) is 0 Å². The van der Waals surface area contributed by atoms with Gasteiger partial charge in [0.25, 0.3) is 0 Å². The largest absolute Gasteiger partial charge is 0.299 e. The SMILES string of the molecule is O=C1CCCC1Cc1ccc2c(c1)CCC2. The summed E-state index contributed by atoms with van der Waals surface area (Å²) in [4.78, 5) is 11.6. The van der Waals surface area contributed by atoms with Gasteiger partial charge >= 0.3 is 0 Å². The van der Waals surface area contributed by atoms with Crippen LogP contribution in [0.4, 0.5) is 0 Å². The van der Waals surface area contributed by atoms with Gasteiger partial charge in [0.2, 0.25) is 0 Å². The second-order valence-corrected chi connectivity index (χ2v) is 5.22. The fourth-order valence-corrected chi connectivity index (χ4v) is 3.14. The third-order valence-corrected chi connectivity index (χ3v) is 4.08. The minimum atomic E-state index is 0.319. The van der Waals surface area contributed by atoms with E-state index in [-0.39, 0.29) is 0 Å². The van der Waals surface area contributed by atoms with Gasteiger partial charge in [-0.15, -0.1) is 0 Å². The third kappa shape index (κ3) is 1.79. The van der Waals surface area contributed by atoms with Crippen LogP contribution in [-0.4, -0.2) is 5.78 Å². The third-order valence-electron chi connectivity index (χ3n) is 4.08. The Kier molecular flexibility index (Phi) is 2.55. The number of hydrogen-bond acceptors (Lipinski definition) is 1. The van der Waals surface area contributed by atoms with Crippen molar-refractivity contribution in [3.63, 3.8) is 0 Å². The van der Waals surface area contributed by atoms with Gasteiger partial charge < -0.3 is 0 Å². The Hall–Kier alpha value is -1.11. The van der Waals surface area contributed by atoms with Gasteiger partial charge in [-0.2, -0.15) is 0 Å². The van der Waals surface area contributed by atoms with Gasteiger partial charge in [0.05, 0.1) is 0 Å². The minimum absolute atomic E-state index is 0.319. The van der Waals surface area contributed by atoms with Gasteiger partial charge in [-0.25, -0.2) is 0 Å². The normalized spacial score (nSPS) is 23.8. The molecule has 16 heavy (non-hydrogen) atoms. The van der Waals surface area contributed by atoms with Gasteiger partial charge in [-0.05, 0) is 55.2 Å². The molecule has 2 aliphatic rings. The molecule has 1 saturated carbocycles. The van der Waals surface area contributed by atoms with Crippen molar-refractivity contribution in [2.75, 3.05) is 0 Å². The Labute approximate surface area is 96.9 Å². The van der Waals surface area contributed by atoms with Crippen LogP contribution < -0.4 is 0 Å². The number of rotatable bonds is 2. The van der Waals surface area contributed by atoms with Gasteiger partial charge in [0.15, 0.2) is 0 Å². The van der Waals surface area contributed by atoms with E-state index in [0.717, 1.165) is 25.7 Å². The van der Waals surface area contributed by atoms with Gasteiger partial charge in [-0.1, -0.05) is 18.2 Å². The van der Waals surface area contributed by atoms with Gasteiger partial charge in [0, 0.05) is 12.3 Å². The van der Waals surface area contributed by atoms with Crippen LogP contribution in [0.15, 0.2) is 18.2 Å². The molecule has 0 N–H and O–H groups in total. The van der Waals surface area contributed by atoms with Gasteiger partial charge in [-0.3, -0.25) is 4.79 Å². The molecular formula is C15H18O. The number of aryl methyl sites for hydroxylation is 2. The number of ketones is 1. The lowest BCUT2D eigenvalue weighted by Gasteiger charge is -2.09. The molecule has 0 amide bonds. The van der Waals surface area contributed by atoms with Crippen LogP contribution in [-0.2, 0) is 24.1 Å². The minimum Gasteiger partial charge on any atom is -0.299 e. The molecule has 1 unspecified atom stereocenters. The zero-order chi connectivity index (χ0) is 11.0. The Morgan fingerprint density at radius 2 is 1.94 bits per heavy atom. The molecule has 0 spiro atoms. The van der Waals surface area contributed by atoms with Crippen LogP contribution in [0.1, 0.15) is 42.4 Å². The molecule has 1 heteroatoms. The van der Waals surface area contributed by atoms with E-state index in [2.05, 4.69) is 18.2 Å². The summed E-state index contributed by atoms with van der Waals surface area (Å²) in [5.41, 5.74) is 4.44. The Morgan fingerprint density at radius 1 is 1.06 bits per heavy atom. The quantitative estimate of drug-likeness (QED) is 0.739. The molecule has 0 bridgehead atoms. The molecule has 0 saturated heterocycles. The first-order valence-corrected chi connectivity index (χ1v) is 6.46. The van der Waals surface area contributed by atoms with E-state index in [9.17, 15) is 4.79 Å². The van der Waals surface area contributed by atoms with E-state index in [0.29, 0.717) is 11.7 Å². The first-order chi connectivity index (χ1) is 7.83. The molecule has 0 heterocycles. The predicted octanol–water partition coefficient (Wildman–Crippen LogP) is 3.09. The second kappa shape index (κ2) is 4.04. The highest BCUT2D eigenvalue weighted by Crippen LogP contribution is 2.28. The summed E-state index contributed by atoms with van der Waals surface area (Å²) in [6.07, 6.45) is 7.80. The monoisotopic (exact) mass is 214 g/mol. The summed E-state index contributed by atoms with van der Waals surface area (Å²) in [6, 6.07) is 6.85. The lowest BCUT2D eigenvalue weighted by atomic mass is 9.95. The van der Waals surface area contributed by atoms with E-state index < -0.39 is 0 Å². The van der Waals surface area contributed by atoms with Crippen molar-refractivity contribution in [1.82, 2.24) is 0 Å². The molecule has 1 atom stereocenters. The second-order valence-electron chi connectivity index (χ2n) is 5.22. The Morgan fingerprint density at radius 3 is 2.75 bits per heavy atom. The Balaban J connectivity index is 1.77. The zero-order valence-corrected chi connectivity index (χ0v) is 9.67. The number of fused-ring (bicyclic) bond motifs is 1. The summed E-state index contributed by atoms with van der Waals surface area (Å²) in [5, 5.41) is 0. The molecule has 1 aromatic rings. The van der Waals surface area contributed by atoms with Crippen molar-refractivity contribution in [2.24, 2.45) is 5.92 Å². The number of hydrogen-bond donors (Lipinski definition) is 0. The molecular weight excluding hydrogens is 196 g/mol. The summed E-state index contributed by atoms with van der Waals surface area (Å²) in [5.74, 6) is 0.806. The van der Waals surface area contributed by atoms with Crippen LogP contribution in [0, 0.1) is 5.92 Å². The first-order valence-electron chi connectivity index (χ1n) is 6.46. The highest BCUT2D eigenvalue weighted by atomic mass is 16.1. The number of Topliss-reactive ketones (excluding diaryl/α,β-unsaturated/α-hetero) is 1. The summed E-state index contributed by atoms with van der Waals surface area (Å²) in [6.45, 7) is 0. The zero-order valence-electron chi connectivity index (χ0n) is 9.67. The average Bonchev–Trinajstić information content (AvgIpc) is 2.88. The first kappa shape index (κ1) is 10.1. The molecule has 0 aromatic heterocycles. The topological polar surface area (TPSA) is 17.1 Å². The number of carbonyl (C=O) groups is 1. The van der Waals surface area contributed by atoms with Crippen molar-refractivity contribution in [2.45, 2.75) is 44.9 Å². The van der Waals surface area contributed by atoms with Crippen LogP contribution in [0.2, 0.25) is 0 Å². The highest BCUT2D eigenvalue weighted by Gasteiger charge is 2.24.